The van der Waals surface area contributed by atoms with Gasteiger partial charge in [-0.3, -0.25) is 4.79 Å². The minimum absolute atomic E-state index is 0.0565. The van der Waals surface area contributed by atoms with Crippen molar-refractivity contribution in [1.29, 1.82) is 0 Å². The van der Waals surface area contributed by atoms with Gasteiger partial charge in [0, 0.05) is 30.0 Å². The monoisotopic (exact) mass is 394 g/mol. The van der Waals surface area contributed by atoms with E-state index in [1.807, 2.05) is 0 Å². The maximum absolute atomic E-state index is 13.9. The van der Waals surface area contributed by atoms with Crippen LogP contribution >= 0.6 is 22.9 Å². The van der Waals surface area contributed by atoms with Crippen LogP contribution in [-0.4, -0.2) is 34.5 Å². The minimum Gasteiger partial charge on any atom is -0.475 e. The summed E-state index contributed by atoms with van der Waals surface area (Å²) in [6, 6.07) is 3.57. The predicted molar refractivity (Wildman–Crippen MR) is 94.8 cm³/mol. The number of benzene rings is 1. The first-order chi connectivity index (χ1) is 12.6. The highest BCUT2D eigenvalue weighted by Crippen LogP contribution is 2.32. The van der Waals surface area contributed by atoms with E-state index >= 15 is 0 Å². The highest BCUT2D eigenvalue weighted by Gasteiger charge is 2.23. The van der Waals surface area contributed by atoms with Crippen molar-refractivity contribution in [1.82, 2.24) is 14.7 Å². The molecule has 134 valence electrons. The Morgan fingerprint density at radius 1 is 1.31 bits per heavy atom. The highest BCUT2D eigenvalue weighted by molar-refractivity contribution is 7.13. The molecule has 0 saturated carbocycles. The number of thiazole rings is 1. The zero-order valence-corrected chi connectivity index (χ0v) is 14.8. The average molecular weight is 394 g/mol. The van der Waals surface area contributed by atoms with E-state index in [0.29, 0.717) is 10.8 Å². The number of carbonyl (C=O) groups is 1. The zero-order valence-electron chi connectivity index (χ0n) is 13.2. The molecule has 10 heteroatoms. The number of carbonyl (C=O) groups excluding carboxylic acids is 1. The fraction of sp³-hybridized carbons (Fsp3) is 0.188. The lowest BCUT2D eigenvalue weighted by Gasteiger charge is -2.27. The summed E-state index contributed by atoms with van der Waals surface area (Å²) in [5, 5.41) is 7.83. The van der Waals surface area contributed by atoms with Gasteiger partial charge in [-0.2, -0.15) is 4.37 Å². The van der Waals surface area contributed by atoms with E-state index in [2.05, 4.69) is 20.0 Å². The van der Waals surface area contributed by atoms with Crippen molar-refractivity contribution in [2.75, 3.05) is 18.4 Å². The van der Waals surface area contributed by atoms with E-state index in [9.17, 15) is 13.6 Å². The second-order valence-electron chi connectivity index (χ2n) is 5.51. The summed E-state index contributed by atoms with van der Waals surface area (Å²) < 4.78 is 37.5. The third-order valence-corrected chi connectivity index (χ3v) is 5.27. The first-order valence-electron chi connectivity index (χ1n) is 7.65. The number of rotatable bonds is 5. The van der Waals surface area contributed by atoms with Crippen LogP contribution in [0, 0.1) is 11.6 Å². The molecular weight excluding hydrogens is 382 g/mol. The molecule has 4 rings (SSSR count). The second-order valence-corrected chi connectivity index (χ2v) is 7.14. The van der Waals surface area contributed by atoms with Crippen molar-refractivity contribution < 1.29 is 18.3 Å². The van der Waals surface area contributed by atoms with Gasteiger partial charge in [-0.05, 0) is 12.1 Å². The maximum Gasteiger partial charge on any atom is 0.275 e. The first kappa shape index (κ1) is 17.0. The van der Waals surface area contributed by atoms with Gasteiger partial charge in [0.15, 0.2) is 0 Å². The SMILES string of the molecule is O=C(Nc1cnsc1OC1CNC1)c1csc(-c2c(F)cccc2F)n1. The number of hydrogen-bond donors (Lipinski definition) is 2. The molecule has 1 saturated heterocycles. The van der Waals surface area contributed by atoms with Crippen molar-refractivity contribution in [3.63, 3.8) is 0 Å². The maximum atomic E-state index is 13.9. The molecule has 6 nitrogen and oxygen atoms in total. The predicted octanol–water partition coefficient (Wildman–Crippen LogP) is 3.15. The van der Waals surface area contributed by atoms with Crippen LogP contribution in [0.1, 0.15) is 10.5 Å². The summed E-state index contributed by atoms with van der Waals surface area (Å²) in [7, 11) is 0. The van der Waals surface area contributed by atoms with Gasteiger partial charge in [0.05, 0.1) is 11.8 Å². The Hall–Kier alpha value is -2.43. The van der Waals surface area contributed by atoms with Gasteiger partial charge in [-0.1, -0.05) is 6.07 Å². The molecule has 3 heterocycles. The Balaban J connectivity index is 1.51. The number of nitrogens with zero attached hydrogens (tertiary/aromatic N) is 2. The van der Waals surface area contributed by atoms with E-state index in [-0.39, 0.29) is 22.4 Å². The van der Waals surface area contributed by atoms with E-state index in [4.69, 9.17) is 4.74 Å². The lowest BCUT2D eigenvalue weighted by molar-refractivity contribution is 0.102. The summed E-state index contributed by atoms with van der Waals surface area (Å²) in [5.74, 6) is -1.95. The average Bonchev–Trinajstić information content (AvgIpc) is 3.20. The van der Waals surface area contributed by atoms with Crippen molar-refractivity contribution in [2.24, 2.45) is 0 Å². The van der Waals surface area contributed by atoms with Gasteiger partial charge in [0.1, 0.15) is 34.1 Å². The Kier molecular flexibility index (Phi) is 4.62. The molecule has 2 aromatic heterocycles. The molecule has 1 aliphatic rings. The van der Waals surface area contributed by atoms with Crippen molar-refractivity contribution in [3.05, 3.63) is 47.1 Å². The number of nitrogens with one attached hydrogen (secondary N) is 2. The molecule has 0 aliphatic carbocycles. The van der Waals surface area contributed by atoms with Gasteiger partial charge >= 0.3 is 0 Å². The van der Waals surface area contributed by atoms with Crippen LogP contribution in [0.25, 0.3) is 10.6 Å². The van der Waals surface area contributed by atoms with E-state index < -0.39 is 17.5 Å². The molecule has 0 atom stereocenters. The lowest BCUT2D eigenvalue weighted by Crippen LogP contribution is -2.50. The molecule has 0 spiro atoms. The standard InChI is InChI=1S/C16H12F2N4O2S2/c17-9-2-1-3-10(18)13(9)15-22-12(7-25-15)14(23)21-11-6-20-26-16(11)24-8-4-19-5-8/h1-3,6-8,19H,4-5H2,(H,21,23). The first-order valence-corrected chi connectivity index (χ1v) is 9.30. The normalized spacial score (nSPS) is 14.1. The van der Waals surface area contributed by atoms with Crippen molar-refractivity contribution in [2.45, 2.75) is 6.10 Å². The Morgan fingerprint density at radius 3 is 2.77 bits per heavy atom. The van der Waals surface area contributed by atoms with Gasteiger partial charge in [-0.25, -0.2) is 13.8 Å². The van der Waals surface area contributed by atoms with Gasteiger partial charge in [0.2, 0.25) is 5.06 Å². The molecule has 0 bridgehead atoms. The van der Waals surface area contributed by atoms with E-state index in [1.165, 1.54) is 17.6 Å². The number of anilines is 1. The molecule has 1 fully saturated rings. The zero-order chi connectivity index (χ0) is 18.1. The molecule has 0 radical (unpaired) electrons. The fourth-order valence-electron chi connectivity index (χ4n) is 2.28. The van der Waals surface area contributed by atoms with Crippen LogP contribution in [-0.2, 0) is 0 Å². The molecule has 1 aliphatic heterocycles. The number of aromatic nitrogens is 2. The molecule has 0 unspecified atom stereocenters. The van der Waals surface area contributed by atoms with Crippen LogP contribution in [0.5, 0.6) is 5.06 Å². The third kappa shape index (κ3) is 3.30. The van der Waals surface area contributed by atoms with Crippen LogP contribution in [0.15, 0.2) is 29.8 Å². The lowest BCUT2D eigenvalue weighted by atomic mass is 10.2. The van der Waals surface area contributed by atoms with Crippen molar-refractivity contribution >= 4 is 34.5 Å². The highest BCUT2D eigenvalue weighted by atomic mass is 32.1. The summed E-state index contributed by atoms with van der Waals surface area (Å²) >= 11 is 2.13. The van der Waals surface area contributed by atoms with Gasteiger partial charge in [-0.15, -0.1) is 11.3 Å². The summed E-state index contributed by atoms with van der Waals surface area (Å²) in [5.41, 5.74) is 0.267. The number of amides is 1. The number of ether oxygens (including phenoxy) is 1. The van der Waals surface area contributed by atoms with Gasteiger partial charge < -0.3 is 15.4 Å². The molecule has 1 aromatic carbocycles. The summed E-state index contributed by atoms with van der Waals surface area (Å²) in [6.07, 6.45) is 1.55. The van der Waals surface area contributed by atoms with E-state index in [0.717, 1.165) is 48.1 Å². The van der Waals surface area contributed by atoms with Crippen LogP contribution in [0.2, 0.25) is 0 Å². The molecular formula is C16H12F2N4O2S2. The Bertz CT molecular complexity index is 935. The summed E-state index contributed by atoms with van der Waals surface area (Å²) in [4.78, 5) is 16.5. The summed E-state index contributed by atoms with van der Waals surface area (Å²) in [6.45, 7) is 1.49. The third-order valence-electron chi connectivity index (χ3n) is 3.72. The van der Waals surface area contributed by atoms with Crippen LogP contribution in [0.3, 0.4) is 0 Å². The molecule has 3 aromatic rings. The van der Waals surface area contributed by atoms with Crippen LogP contribution < -0.4 is 15.4 Å². The molecule has 26 heavy (non-hydrogen) atoms. The Morgan fingerprint density at radius 2 is 2.08 bits per heavy atom. The molecule has 2 N–H and O–H groups in total. The van der Waals surface area contributed by atoms with Gasteiger partial charge in [0.25, 0.3) is 5.91 Å². The van der Waals surface area contributed by atoms with Crippen LogP contribution in [0.4, 0.5) is 14.5 Å². The largest absolute Gasteiger partial charge is 0.475 e. The number of halogens is 2. The minimum atomic E-state index is -0.724. The molecule has 1 amide bonds. The number of hydrogen-bond acceptors (Lipinski definition) is 7. The van der Waals surface area contributed by atoms with Crippen molar-refractivity contribution in [3.8, 4) is 15.6 Å². The van der Waals surface area contributed by atoms with E-state index in [1.54, 1.807) is 0 Å². The topological polar surface area (TPSA) is 76.1 Å². The smallest absolute Gasteiger partial charge is 0.275 e. The second kappa shape index (κ2) is 7.06. The fourth-order valence-corrected chi connectivity index (χ4v) is 3.76. The quantitative estimate of drug-likeness (QED) is 0.695. The Labute approximate surface area is 155 Å².